The number of aliphatic carboxylic acids is 1. The summed E-state index contributed by atoms with van der Waals surface area (Å²) in [5.74, 6) is -0.154. The van der Waals surface area contributed by atoms with Crippen molar-refractivity contribution in [2.24, 2.45) is 13.0 Å². The quantitative estimate of drug-likeness (QED) is 0.534. The van der Waals surface area contributed by atoms with Gasteiger partial charge in [0, 0.05) is 20.0 Å². The maximum atomic E-state index is 11.1. The lowest BCUT2D eigenvalue weighted by atomic mass is 10.0. The number of nitrogens with zero attached hydrogens (tertiary/aromatic N) is 3. The molecule has 0 radical (unpaired) electrons. The van der Waals surface area contributed by atoms with E-state index < -0.39 is 10.9 Å². The fraction of sp³-hybridized carbons (Fsp3) is 0.692. The van der Waals surface area contributed by atoms with E-state index >= 15 is 0 Å². The van der Waals surface area contributed by atoms with Crippen LogP contribution in [0.15, 0.2) is 0 Å². The molecule has 0 aliphatic rings. The van der Waals surface area contributed by atoms with Gasteiger partial charge in [0.25, 0.3) is 0 Å². The minimum atomic E-state index is -0.801. The molecule has 1 aromatic heterocycles. The van der Waals surface area contributed by atoms with Crippen LogP contribution in [0.1, 0.15) is 38.8 Å². The average molecular weight is 298 g/mol. The van der Waals surface area contributed by atoms with Crippen molar-refractivity contribution < 1.29 is 14.8 Å². The zero-order valence-corrected chi connectivity index (χ0v) is 12.6. The lowest BCUT2D eigenvalue weighted by Crippen LogP contribution is -2.11. The van der Waals surface area contributed by atoms with E-state index in [4.69, 9.17) is 5.11 Å². The summed E-state index contributed by atoms with van der Waals surface area (Å²) in [5.41, 5.74) is 0.488. The van der Waals surface area contributed by atoms with Gasteiger partial charge in [0.2, 0.25) is 5.82 Å². The minimum Gasteiger partial charge on any atom is -0.481 e. The number of nitrogens with one attached hydrogen (secondary N) is 1. The van der Waals surface area contributed by atoms with Crippen LogP contribution in [0.2, 0.25) is 0 Å². The first-order valence-electron chi connectivity index (χ1n) is 7.02. The van der Waals surface area contributed by atoms with Crippen molar-refractivity contribution in [1.29, 1.82) is 0 Å². The molecule has 0 fully saturated rings. The predicted octanol–water partition coefficient (Wildman–Crippen LogP) is 2.19. The highest BCUT2D eigenvalue weighted by molar-refractivity contribution is 5.66. The Balaban J connectivity index is 2.61. The molecule has 0 spiro atoms. The molecule has 0 saturated heterocycles. The van der Waals surface area contributed by atoms with Gasteiger partial charge in [0.05, 0.1) is 4.92 Å². The van der Waals surface area contributed by atoms with E-state index in [2.05, 4.69) is 10.4 Å². The molecule has 0 bridgehead atoms. The first-order chi connectivity index (χ1) is 9.86. The summed E-state index contributed by atoms with van der Waals surface area (Å²) in [6.07, 6.45) is 2.00. The first kappa shape index (κ1) is 16.9. The fourth-order valence-corrected chi connectivity index (χ4v) is 2.15. The van der Waals surface area contributed by atoms with E-state index in [9.17, 15) is 14.9 Å². The Morgan fingerprint density at radius 1 is 1.52 bits per heavy atom. The van der Waals surface area contributed by atoms with Gasteiger partial charge < -0.3 is 10.4 Å². The molecule has 1 unspecified atom stereocenters. The fourth-order valence-electron chi connectivity index (χ4n) is 2.15. The van der Waals surface area contributed by atoms with Gasteiger partial charge in [0.1, 0.15) is 5.69 Å². The summed E-state index contributed by atoms with van der Waals surface area (Å²) in [6, 6.07) is 0. The Hall–Kier alpha value is -2.12. The van der Waals surface area contributed by atoms with Gasteiger partial charge in [-0.05, 0) is 25.2 Å². The Labute approximate surface area is 123 Å². The molecule has 8 heteroatoms. The van der Waals surface area contributed by atoms with E-state index in [1.165, 1.54) is 4.68 Å². The third kappa shape index (κ3) is 4.73. The lowest BCUT2D eigenvalue weighted by molar-refractivity contribution is -0.384. The highest BCUT2D eigenvalue weighted by atomic mass is 16.6. The molecule has 0 amide bonds. The van der Waals surface area contributed by atoms with E-state index in [1.54, 1.807) is 7.05 Å². The number of carboxylic acid groups (broad SMARTS) is 1. The van der Waals surface area contributed by atoms with Crippen molar-refractivity contribution in [3.63, 3.8) is 0 Å². The van der Waals surface area contributed by atoms with Crippen molar-refractivity contribution in [3.05, 3.63) is 15.8 Å². The third-order valence-electron chi connectivity index (χ3n) is 3.39. The van der Waals surface area contributed by atoms with Crippen molar-refractivity contribution in [2.75, 3.05) is 11.9 Å². The summed E-state index contributed by atoms with van der Waals surface area (Å²) >= 11 is 0. The summed E-state index contributed by atoms with van der Waals surface area (Å²) in [7, 11) is 1.67. The zero-order chi connectivity index (χ0) is 16.0. The number of hydrogen-bond donors (Lipinski definition) is 2. The molecule has 0 aromatic carbocycles. The summed E-state index contributed by atoms with van der Waals surface area (Å²) in [6.45, 7) is 4.34. The second kappa shape index (κ2) is 7.61. The molecule has 1 aromatic rings. The van der Waals surface area contributed by atoms with Gasteiger partial charge in [-0.1, -0.05) is 13.8 Å². The third-order valence-corrected chi connectivity index (χ3v) is 3.39. The van der Waals surface area contributed by atoms with Crippen LogP contribution < -0.4 is 5.32 Å². The lowest BCUT2D eigenvalue weighted by Gasteiger charge is -2.11. The van der Waals surface area contributed by atoms with Crippen molar-refractivity contribution in [2.45, 2.75) is 39.5 Å². The van der Waals surface area contributed by atoms with Crippen molar-refractivity contribution in [1.82, 2.24) is 9.78 Å². The summed E-state index contributed by atoms with van der Waals surface area (Å²) in [5, 5.41) is 27.0. The van der Waals surface area contributed by atoms with Gasteiger partial charge in [0.15, 0.2) is 0 Å². The molecule has 2 N–H and O–H groups in total. The number of anilines is 1. The van der Waals surface area contributed by atoms with Gasteiger partial charge in [-0.3, -0.25) is 14.9 Å². The van der Waals surface area contributed by atoms with E-state index in [1.807, 2.05) is 13.8 Å². The van der Waals surface area contributed by atoms with Crippen LogP contribution in [0.25, 0.3) is 0 Å². The van der Waals surface area contributed by atoms with Crippen LogP contribution >= 0.6 is 0 Å². The molecule has 8 nitrogen and oxygen atoms in total. The zero-order valence-electron chi connectivity index (χ0n) is 12.6. The normalized spacial score (nSPS) is 12.1. The second-order valence-electron chi connectivity index (χ2n) is 5.13. The van der Waals surface area contributed by atoms with Crippen LogP contribution in [-0.2, 0) is 18.3 Å². The Kier molecular flexibility index (Phi) is 6.13. The molecule has 1 heterocycles. The smallest absolute Gasteiger partial charge is 0.333 e. The van der Waals surface area contributed by atoms with Gasteiger partial charge in [-0.15, -0.1) is 0 Å². The molecule has 21 heavy (non-hydrogen) atoms. The van der Waals surface area contributed by atoms with E-state index in [-0.39, 0.29) is 18.0 Å². The van der Waals surface area contributed by atoms with Gasteiger partial charge in [-0.2, -0.15) is 5.10 Å². The maximum Gasteiger partial charge on any atom is 0.333 e. The number of nitro groups is 1. The largest absolute Gasteiger partial charge is 0.481 e. The Morgan fingerprint density at radius 2 is 2.19 bits per heavy atom. The van der Waals surface area contributed by atoms with Crippen LogP contribution in [0.5, 0.6) is 0 Å². The highest BCUT2D eigenvalue weighted by Gasteiger charge is 2.25. The molecule has 1 atom stereocenters. The predicted molar refractivity (Wildman–Crippen MR) is 78.4 cm³/mol. The standard InChI is InChI=1S/C13H22N4O4/c1-4-10-12(17(20)21)13(16(3)15-10)14-8-7-9(2)5-6-11(18)19/h9,14H,4-8H2,1-3H3,(H,18,19). The topological polar surface area (TPSA) is 110 Å². The number of aryl methyl sites for hydroxylation is 2. The summed E-state index contributed by atoms with van der Waals surface area (Å²) < 4.78 is 1.49. The van der Waals surface area contributed by atoms with Gasteiger partial charge >= 0.3 is 11.7 Å². The molecule has 0 aliphatic heterocycles. The van der Waals surface area contributed by atoms with Crippen LogP contribution in [0.4, 0.5) is 11.5 Å². The second-order valence-corrected chi connectivity index (χ2v) is 5.13. The van der Waals surface area contributed by atoms with Crippen LogP contribution in [0.3, 0.4) is 0 Å². The SMILES string of the molecule is CCc1nn(C)c(NCCC(C)CCC(=O)O)c1[N+](=O)[O-]. The summed E-state index contributed by atoms with van der Waals surface area (Å²) in [4.78, 5) is 21.2. The van der Waals surface area contributed by atoms with Crippen LogP contribution in [-0.4, -0.2) is 32.3 Å². The molecule has 1 rings (SSSR count). The number of hydrogen-bond acceptors (Lipinski definition) is 5. The van der Waals surface area contributed by atoms with Crippen LogP contribution in [0, 0.1) is 16.0 Å². The average Bonchev–Trinajstić information content (AvgIpc) is 2.73. The molecule has 0 saturated carbocycles. The van der Waals surface area contributed by atoms with Crippen molar-refractivity contribution in [3.8, 4) is 0 Å². The monoisotopic (exact) mass is 298 g/mol. The Bertz CT molecular complexity index is 513. The molecular formula is C13H22N4O4. The minimum absolute atomic E-state index is 0.0261. The van der Waals surface area contributed by atoms with E-state index in [0.717, 1.165) is 6.42 Å². The molecule has 118 valence electrons. The molecule has 0 aliphatic carbocycles. The maximum absolute atomic E-state index is 11.1. The molecular weight excluding hydrogens is 276 g/mol. The Morgan fingerprint density at radius 3 is 2.71 bits per heavy atom. The number of carbonyl (C=O) groups is 1. The number of rotatable bonds is 9. The number of carboxylic acids is 1. The number of aromatic nitrogens is 2. The first-order valence-corrected chi connectivity index (χ1v) is 7.02. The van der Waals surface area contributed by atoms with E-state index in [0.29, 0.717) is 30.9 Å². The van der Waals surface area contributed by atoms with Gasteiger partial charge in [-0.25, -0.2) is 4.68 Å². The highest BCUT2D eigenvalue weighted by Crippen LogP contribution is 2.28. The van der Waals surface area contributed by atoms with Crippen molar-refractivity contribution >= 4 is 17.5 Å².